The molecular weight excluding hydrogens is 274 g/mol. The van der Waals surface area contributed by atoms with E-state index in [0.29, 0.717) is 18.8 Å². The van der Waals surface area contributed by atoms with Gasteiger partial charge >= 0.3 is 12.0 Å². The van der Waals surface area contributed by atoms with E-state index in [1.54, 1.807) is 23.9 Å². The Morgan fingerprint density at radius 1 is 1.48 bits per heavy atom. The molecule has 2 heterocycles. The SMILES string of the molecule is Cc1cc(NC(=O)NCCCn2cccn2)c(C(=O)O)[nH]1. The lowest BCUT2D eigenvalue weighted by molar-refractivity contribution is 0.0692. The van der Waals surface area contributed by atoms with Crippen LogP contribution in [0.3, 0.4) is 0 Å². The van der Waals surface area contributed by atoms with Gasteiger partial charge in [0.25, 0.3) is 0 Å². The minimum atomic E-state index is -1.11. The molecule has 2 aromatic rings. The average molecular weight is 291 g/mol. The lowest BCUT2D eigenvalue weighted by Gasteiger charge is -2.07. The summed E-state index contributed by atoms with van der Waals surface area (Å²) in [5, 5.41) is 18.2. The Morgan fingerprint density at radius 2 is 2.29 bits per heavy atom. The summed E-state index contributed by atoms with van der Waals surface area (Å²) in [7, 11) is 0. The summed E-state index contributed by atoms with van der Waals surface area (Å²) in [5.41, 5.74) is 0.894. The quantitative estimate of drug-likeness (QED) is 0.603. The van der Waals surface area contributed by atoms with E-state index < -0.39 is 12.0 Å². The predicted molar refractivity (Wildman–Crippen MR) is 76.4 cm³/mol. The Kier molecular flexibility index (Phi) is 4.60. The minimum absolute atomic E-state index is 0.0285. The predicted octanol–water partition coefficient (Wildman–Crippen LogP) is 1.43. The molecule has 21 heavy (non-hydrogen) atoms. The third kappa shape index (κ3) is 4.10. The van der Waals surface area contributed by atoms with Gasteiger partial charge in [-0.15, -0.1) is 0 Å². The molecule has 8 nitrogen and oxygen atoms in total. The Bertz CT molecular complexity index is 618. The number of carbonyl (C=O) groups excluding carboxylic acids is 1. The molecule has 0 atom stereocenters. The van der Waals surface area contributed by atoms with Crippen molar-refractivity contribution in [3.05, 3.63) is 35.9 Å². The van der Waals surface area contributed by atoms with E-state index in [2.05, 4.69) is 20.7 Å². The maximum atomic E-state index is 11.7. The summed E-state index contributed by atoms with van der Waals surface area (Å²) < 4.78 is 1.78. The Morgan fingerprint density at radius 3 is 2.95 bits per heavy atom. The van der Waals surface area contributed by atoms with Crippen LogP contribution in [0.15, 0.2) is 24.5 Å². The van der Waals surface area contributed by atoms with Gasteiger partial charge < -0.3 is 20.7 Å². The number of anilines is 1. The number of hydrogen-bond donors (Lipinski definition) is 4. The molecule has 0 unspecified atom stereocenters. The number of nitrogens with zero attached hydrogens (tertiary/aromatic N) is 2. The Balaban J connectivity index is 1.78. The molecule has 2 rings (SSSR count). The number of nitrogens with one attached hydrogen (secondary N) is 3. The van der Waals surface area contributed by atoms with Crippen molar-refractivity contribution in [3.63, 3.8) is 0 Å². The Labute approximate surface area is 121 Å². The van der Waals surface area contributed by atoms with Crippen molar-refractivity contribution in [3.8, 4) is 0 Å². The molecule has 0 spiro atoms. The first-order valence-electron chi connectivity index (χ1n) is 6.51. The molecular formula is C13H17N5O3. The third-order valence-electron chi connectivity index (χ3n) is 2.82. The fraction of sp³-hybridized carbons (Fsp3) is 0.308. The second-order valence-electron chi connectivity index (χ2n) is 4.55. The molecule has 0 saturated carbocycles. The normalized spacial score (nSPS) is 10.3. The number of carbonyl (C=O) groups is 2. The fourth-order valence-corrected chi connectivity index (χ4v) is 1.90. The van der Waals surface area contributed by atoms with Gasteiger partial charge in [-0.3, -0.25) is 4.68 Å². The molecule has 8 heteroatoms. The molecule has 0 saturated heterocycles. The number of carboxylic acid groups (broad SMARTS) is 1. The van der Waals surface area contributed by atoms with E-state index in [0.717, 1.165) is 6.42 Å². The van der Waals surface area contributed by atoms with E-state index in [4.69, 9.17) is 5.11 Å². The van der Waals surface area contributed by atoms with Gasteiger partial charge in [0.15, 0.2) is 0 Å². The summed E-state index contributed by atoms with van der Waals surface area (Å²) >= 11 is 0. The number of carboxylic acids is 1. The molecule has 0 radical (unpaired) electrons. The summed E-state index contributed by atoms with van der Waals surface area (Å²) in [6, 6.07) is 2.98. The van der Waals surface area contributed by atoms with Crippen LogP contribution >= 0.6 is 0 Å². The number of hydrogen-bond acceptors (Lipinski definition) is 3. The van der Waals surface area contributed by atoms with E-state index >= 15 is 0 Å². The Hall–Kier alpha value is -2.77. The summed E-state index contributed by atoms with van der Waals surface area (Å²) in [6.07, 6.45) is 4.27. The van der Waals surface area contributed by atoms with Crippen LogP contribution in [0.2, 0.25) is 0 Å². The minimum Gasteiger partial charge on any atom is -0.477 e. The van der Waals surface area contributed by atoms with Crippen LogP contribution in [0.5, 0.6) is 0 Å². The zero-order valence-electron chi connectivity index (χ0n) is 11.6. The van der Waals surface area contributed by atoms with Crippen LogP contribution in [0, 0.1) is 6.92 Å². The van der Waals surface area contributed by atoms with Gasteiger partial charge in [0, 0.05) is 31.2 Å². The number of aryl methyl sites for hydroxylation is 2. The second-order valence-corrected chi connectivity index (χ2v) is 4.55. The average Bonchev–Trinajstić information content (AvgIpc) is 3.04. The first kappa shape index (κ1) is 14.6. The van der Waals surface area contributed by atoms with Gasteiger partial charge in [-0.25, -0.2) is 9.59 Å². The van der Waals surface area contributed by atoms with Crippen LogP contribution in [0.25, 0.3) is 0 Å². The first-order chi connectivity index (χ1) is 10.1. The van der Waals surface area contributed by atoms with E-state index in [1.807, 2.05) is 12.3 Å². The fourth-order valence-electron chi connectivity index (χ4n) is 1.90. The highest BCUT2D eigenvalue weighted by atomic mass is 16.4. The highest BCUT2D eigenvalue weighted by Gasteiger charge is 2.14. The third-order valence-corrected chi connectivity index (χ3v) is 2.82. The number of aromatic amines is 1. The van der Waals surface area contributed by atoms with Gasteiger partial charge in [-0.1, -0.05) is 0 Å². The highest BCUT2D eigenvalue weighted by molar-refractivity contribution is 5.99. The lowest BCUT2D eigenvalue weighted by atomic mass is 10.3. The van der Waals surface area contributed by atoms with Crippen LogP contribution in [0.1, 0.15) is 22.6 Å². The molecule has 2 amide bonds. The zero-order valence-corrected chi connectivity index (χ0v) is 11.6. The number of H-pyrrole nitrogens is 1. The number of rotatable bonds is 6. The summed E-state index contributed by atoms with van der Waals surface area (Å²) in [5.74, 6) is -1.11. The van der Waals surface area contributed by atoms with Crippen molar-refractivity contribution in [1.29, 1.82) is 0 Å². The molecule has 0 aliphatic carbocycles. The maximum Gasteiger partial charge on any atom is 0.354 e. The number of aromatic carboxylic acids is 1. The molecule has 0 aliphatic heterocycles. The molecule has 112 valence electrons. The molecule has 0 aromatic carbocycles. The van der Waals surface area contributed by atoms with E-state index in [1.165, 1.54) is 0 Å². The van der Waals surface area contributed by atoms with Gasteiger partial charge in [-0.05, 0) is 25.5 Å². The van der Waals surface area contributed by atoms with Crippen LogP contribution in [-0.2, 0) is 6.54 Å². The maximum absolute atomic E-state index is 11.7. The van der Waals surface area contributed by atoms with Gasteiger partial charge in [0.05, 0.1) is 5.69 Å². The number of urea groups is 1. The van der Waals surface area contributed by atoms with Crippen molar-refractivity contribution >= 4 is 17.7 Å². The largest absolute Gasteiger partial charge is 0.477 e. The van der Waals surface area contributed by atoms with Crippen LogP contribution in [-0.4, -0.2) is 38.4 Å². The molecule has 0 bridgehead atoms. The topological polar surface area (TPSA) is 112 Å². The lowest BCUT2D eigenvalue weighted by Crippen LogP contribution is -2.30. The van der Waals surface area contributed by atoms with Crippen LogP contribution in [0.4, 0.5) is 10.5 Å². The second kappa shape index (κ2) is 6.60. The van der Waals surface area contributed by atoms with Crippen molar-refractivity contribution in [2.45, 2.75) is 19.9 Å². The van der Waals surface area contributed by atoms with Gasteiger partial charge in [-0.2, -0.15) is 5.10 Å². The molecule has 0 fully saturated rings. The molecule has 2 aromatic heterocycles. The standard InChI is InChI=1S/C13H17N5O3/c1-9-8-10(11(16-9)12(19)20)17-13(21)14-4-2-6-18-7-3-5-15-18/h3,5,7-8,16H,2,4,6H2,1H3,(H,19,20)(H2,14,17,21). The van der Waals surface area contributed by atoms with Crippen molar-refractivity contribution in [1.82, 2.24) is 20.1 Å². The first-order valence-corrected chi connectivity index (χ1v) is 6.51. The van der Waals surface area contributed by atoms with E-state index in [-0.39, 0.29) is 11.4 Å². The van der Waals surface area contributed by atoms with Crippen molar-refractivity contribution in [2.75, 3.05) is 11.9 Å². The monoisotopic (exact) mass is 291 g/mol. The van der Waals surface area contributed by atoms with Gasteiger partial charge in [0.2, 0.25) is 0 Å². The van der Waals surface area contributed by atoms with E-state index in [9.17, 15) is 9.59 Å². The van der Waals surface area contributed by atoms with Crippen molar-refractivity contribution < 1.29 is 14.7 Å². The van der Waals surface area contributed by atoms with Gasteiger partial charge in [0.1, 0.15) is 5.69 Å². The van der Waals surface area contributed by atoms with Crippen molar-refractivity contribution in [2.24, 2.45) is 0 Å². The number of amides is 2. The molecule has 4 N–H and O–H groups in total. The highest BCUT2D eigenvalue weighted by Crippen LogP contribution is 2.16. The zero-order chi connectivity index (χ0) is 15.2. The number of aromatic nitrogens is 3. The summed E-state index contributed by atoms with van der Waals surface area (Å²) in [4.78, 5) is 25.4. The van der Waals surface area contributed by atoms with Crippen LogP contribution < -0.4 is 10.6 Å². The summed E-state index contributed by atoms with van der Waals surface area (Å²) in [6.45, 7) is 2.90. The molecule has 0 aliphatic rings. The smallest absolute Gasteiger partial charge is 0.354 e.